The van der Waals surface area contributed by atoms with Crippen LogP contribution < -0.4 is 10.2 Å². The van der Waals surface area contributed by atoms with E-state index in [1.807, 2.05) is 22.9 Å². The Morgan fingerprint density at radius 2 is 1.84 bits per heavy atom. The van der Waals surface area contributed by atoms with Gasteiger partial charge in [-0.1, -0.05) is 12.8 Å². The Hall–Kier alpha value is -3.37. The molecule has 6 rings (SSSR count). The van der Waals surface area contributed by atoms with Crippen molar-refractivity contribution in [3.63, 3.8) is 0 Å². The Labute approximate surface area is 215 Å². The monoisotopic (exact) mass is 504 g/mol. The zero-order chi connectivity index (χ0) is 25.4. The van der Waals surface area contributed by atoms with E-state index in [2.05, 4.69) is 43.2 Å². The molecule has 9 nitrogen and oxygen atoms in total. The molecule has 10 heteroatoms. The van der Waals surface area contributed by atoms with Crippen molar-refractivity contribution < 1.29 is 9.50 Å². The minimum Gasteiger partial charge on any atom is -0.395 e. The zero-order valence-electron chi connectivity index (χ0n) is 21.1. The van der Waals surface area contributed by atoms with Crippen molar-refractivity contribution in [3.05, 3.63) is 42.7 Å². The Bertz CT molecular complexity index is 1380. The topological polar surface area (TPSA) is 95.2 Å². The highest BCUT2D eigenvalue weighted by Crippen LogP contribution is 2.38. The SMILES string of the molecule is CN(CCO)C1CCN(c2ccc(Nc3ncc4c5ccnc(F)c5n(C5CCCC5)c4n3)nc2)CC1. The standard InChI is InChI=1S/C27H33FN8O/c1-34(14-15-37)18-9-12-35(13-10-18)20-6-7-23(30-16-20)32-27-31-17-22-21-8-11-29-25(28)24(21)36(26(22)33-27)19-4-2-3-5-19/h6-8,11,16-19,37H,2-5,9-10,12-15H2,1H3,(H,30,31,32,33). The summed E-state index contributed by atoms with van der Waals surface area (Å²) < 4.78 is 16.9. The van der Waals surface area contributed by atoms with Gasteiger partial charge in [0.1, 0.15) is 17.0 Å². The Kier molecular flexibility index (Phi) is 6.60. The molecule has 0 aromatic carbocycles. The number of aliphatic hydroxyl groups excluding tert-OH is 1. The fraction of sp³-hybridized carbons (Fsp3) is 0.481. The number of piperidine rings is 1. The van der Waals surface area contributed by atoms with Gasteiger partial charge < -0.3 is 24.8 Å². The number of halogens is 1. The predicted octanol–water partition coefficient (Wildman–Crippen LogP) is 4.27. The Balaban J connectivity index is 1.22. The van der Waals surface area contributed by atoms with Crippen molar-refractivity contribution in [2.24, 2.45) is 0 Å². The predicted molar refractivity (Wildman–Crippen MR) is 143 cm³/mol. The molecule has 0 unspecified atom stereocenters. The van der Waals surface area contributed by atoms with E-state index in [1.54, 1.807) is 6.20 Å². The molecule has 0 atom stereocenters. The van der Waals surface area contributed by atoms with Gasteiger partial charge in [0.25, 0.3) is 0 Å². The fourth-order valence-electron chi connectivity index (χ4n) is 5.97. The second kappa shape index (κ2) is 10.2. The van der Waals surface area contributed by atoms with Gasteiger partial charge in [0.05, 0.1) is 18.5 Å². The summed E-state index contributed by atoms with van der Waals surface area (Å²) >= 11 is 0. The van der Waals surface area contributed by atoms with Crippen LogP contribution in [0.15, 0.2) is 36.8 Å². The van der Waals surface area contributed by atoms with Crippen molar-refractivity contribution in [2.75, 3.05) is 43.5 Å². The van der Waals surface area contributed by atoms with E-state index in [4.69, 9.17) is 4.98 Å². The molecular weight excluding hydrogens is 471 g/mol. The number of pyridine rings is 2. The number of rotatable bonds is 7. The lowest BCUT2D eigenvalue weighted by molar-refractivity contribution is 0.162. The molecule has 1 aliphatic heterocycles. The molecule has 2 aliphatic rings. The normalized spacial score (nSPS) is 17.5. The molecule has 0 spiro atoms. The maximum absolute atomic E-state index is 14.9. The summed E-state index contributed by atoms with van der Waals surface area (Å²) in [5, 5.41) is 14.1. The Morgan fingerprint density at radius 1 is 1.03 bits per heavy atom. The molecule has 0 amide bonds. The number of hydrogen-bond donors (Lipinski definition) is 2. The first kappa shape index (κ1) is 24.0. The maximum Gasteiger partial charge on any atom is 0.237 e. The van der Waals surface area contributed by atoms with Gasteiger partial charge in [-0.25, -0.2) is 15.0 Å². The first-order valence-electron chi connectivity index (χ1n) is 13.2. The van der Waals surface area contributed by atoms with E-state index in [9.17, 15) is 9.50 Å². The van der Waals surface area contributed by atoms with E-state index in [-0.39, 0.29) is 12.6 Å². The highest BCUT2D eigenvalue weighted by molar-refractivity contribution is 6.06. The average Bonchev–Trinajstić information content (AvgIpc) is 3.56. The molecule has 0 bridgehead atoms. The molecule has 1 saturated carbocycles. The van der Waals surface area contributed by atoms with Crippen LogP contribution in [-0.4, -0.2) is 73.8 Å². The van der Waals surface area contributed by atoms with Gasteiger partial charge in [-0.15, -0.1) is 0 Å². The summed E-state index contributed by atoms with van der Waals surface area (Å²) in [4.78, 5) is 22.5. The summed E-state index contributed by atoms with van der Waals surface area (Å²) in [5.74, 6) is 0.645. The maximum atomic E-state index is 14.9. The van der Waals surface area contributed by atoms with Crippen LogP contribution in [0.3, 0.4) is 0 Å². The van der Waals surface area contributed by atoms with Crippen LogP contribution in [0.2, 0.25) is 0 Å². The number of nitrogens with one attached hydrogen (secondary N) is 1. The van der Waals surface area contributed by atoms with E-state index < -0.39 is 5.95 Å². The average molecular weight is 505 g/mol. The van der Waals surface area contributed by atoms with Gasteiger partial charge in [-0.05, 0) is 50.9 Å². The summed E-state index contributed by atoms with van der Waals surface area (Å²) in [6, 6.07) is 6.58. The first-order chi connectivity index (χ1) is 18.1. The van der Waals surface area contributed by atoms with Gasteiger partial charge >= 0.3 is 0 Å². The first-order valence-corrected chi connectivity index (χ1v) is 13.2. The van der Waals surface area contributed by atoms with E-state index in [0.29, 0.717) is 29.9 Å². The third-order valence-corrected chi connectivity index (χ3v) is 7.99. The van der Waals surface area contributed by atoms with Crippen LogP contribution in [0.1, 0.15) is 44.6 Å². The lowest BCUT2D eigenvalue weighted by atomic mass is 10.0. The molecular formula is C27H33FN8O. The second-order valence-electron chi connectivity index (χ2n) is 10.2. The largest absolute Gasteiger partial charge is 0.395 e. The Morgan fingerprint density at radius 3 is 2.57 bits per heavy atom. The number of hydrogen-bond acceptors (Lipinski definition) is 8. The van der Waals surface area contributed by atoms with Crippen molar-refractivity contribution in [3.8, 4) is 0 Å². The quantitative estimate of drug-likeness (QED) is 0.361. The zero-order valence-corrected chi connectivity index (χ0v) is 21.1. The molecule has 1 saturated heterocycles. The van der Waals surface area contributed by atoms with Crippen LogP contribution in [0.4, 0.5) is 21.8 Å². The molecule has 37 heavy (non-hydrogen) atoms. The third-order valence-electron chi connectivity index (χ3n) is 7.99. The van der Waals surface area contributed by atoms with Gasteiger partial charge in [-0.3, -0.25) is 0 Å². The van der Waals surface area contributed by atoms with E-state index in [0.717, 1.165) is 73.7 Å². The minimum atomic E-state index is -0.460. The molecule has 194 valence electrons. The van der Waals surface area contributed by atoms with Crippen LogP contribution in [0.25, 0.3) is 21.9 Å². The molecule has 1 aliphatic carbocycles. The van der Waals surface area contributed by atoms with Crippen molar-refractivity contribution >= 4 is 39.4 Å². The summed E-state index contributed by atoms with van der Waals surface area (Å²) in [7, 11) is 2.08. The van der Waals surface area contributed by atoms with Crippen molar-refractivity contribution in [1.82, 2.24) is 29.4 Å². The van der Waals surface area contributed by atoms with Crippen LogP contribution in [0, 0.1) is 5.95 Å². The van der Waals surface area contributed by atoms with Crippen molar-refractivity contribution in [1.29, 1.82) is 0 Å². The van der Waals surface area contributed by atoms with Crippen LogP contribution in [0.5, 0.6) is 0 Å². The lowest BCUT2D eigenvalue weighted by Crippen LogP contribution is -2.44. The van der Waals surface area contributed by atoms with Crippen LogP contribution >= 0.6 is 0 Å². The highest BCUT2D eigenvalue weighted by atomic mass is 19.1. The number of anilines is 3. The van der Waals surface area contributed by atoms with Gasteiger partial charge in [0, 0.05) is 54.9 Å². The number of likely N-dealkylation sites (N-methyl/N-ethyl adjacent to an activating group) is 1. The number of aliphatic hydroxyl groups is 1. The molecule has 5 heterocycles. The highest BCUT2D eigenvalue weighted by Gasteiger charge is 2.26. The van der Waals surface area contributed by atoms with Crippen LogP contribution in [-0.2, 0) is 0 Å². The lowest BCUT2D eigenvalue weighted by Gasteiger charge is -2.37. The smallest absolute Gasteiger partial charge is 0.237 e. The van der Waals surface area contributed by atoms with E-state index >= 15 is 0 Å². The molecule has 4 aromatic rings. The summed E-state index contributed by atoms with van der Waals surface area (Å²) in [6.07, 6.45) is 11.6. The van der Waals surface area contributed by atoms with Gasteiger partial charge in [0.2, 0.25) is 11.9 Å². The van der Waals surface area contributed by atoms with Gasteiger partial charge in [-0.2, -0.15) is 9.37 Å². The van der Waals surface area contributed by atoms with Crippen molar-refractivity contribution in [2.45, 2.75) is 50.6 Å². The number of aromatic nitrogens is 5. The summed E-state index contributed by atoms with van der Waals surface area (Å²) in [5.41, 5.74) is 2.34. The van der Waals surface area contributed by atoms with E-state index in [1.165, 1.54) is 6.20 Å². The van der Waals surface area contributed by atoms with Gasteiger partial charge in [0.15, 0.2) is 0 Å². The summed E-state index contributed by atoms with van der Waals surface area (Å²) in [6.45, 7) is 2.84. The minimum absolute atomic E-state index is 0.197. The fourth-order valence-corrected chi connectivity index (χ4v) is 5.97. The number of fused-ring (bicyclic) bond motifs is 3. The molecule has 2 N–H and O–H groups in total. The number of nitrogens with zero attached hydrogens (tertiary/aromatic N) is 7. The second-order valence-corrected chi connectivity index (χ2v) is 10.2. The molecule has 0 radical (unpaired) electrons. The molecule has 2 fully saturated rings. The third kappa shape index (κ3) is 4.59. The molecule has 4 aromatic heterocycles.